The van der Waals surface area contributed by atoms with E-state index >= 15 is 0 Å². The first-order valence-corrected chi connectivity index (χ1v) is 6.89. The molecule has 0 amide bonds. The van der Waals surface area contributed by atoms with E-state index in [-0.39, 0.29) is 0 Å². The molecule has 4 aromatic rings. The van der Waals surface area contributed by atoms with Crippen LogP contribution >= 0.6 is 0 Å². The molecule has 0 fully saturated rings. The third kappa shape index (κ3) is 2.29. The molecule has 0 saturated carbocycles. The highest BCUT2D eigenvalue weighted by Crippen LogP contribution is 2.33. The second kappa shape index (κ2) is 5.29. The molecule has 4 rings (SSSR count). The minimum atomic E-state index is 0.642. The molecule has 106 valence electrons. The second-order valence-corrected chi connectivity index (χ2v) is 4.81. The zero-order valence-electron chi connectivity index (χ0n) is 11.6. The van der Waals surface area contributed by atoms with E-state index < -0.39 is 0 Å². The number of para-hydroxylation sites is 1. The van der Waals surface area contributed by atoms with Crippen LogP contribution in [0, 0.1) is 0 Å². The van der Waals surface area contributed by atoms with Gasteiger partial charge in [0.05, 0.1) is 11.9 Å². The van der Waals surface area contributed by atoms with Gasteiger partial charge in [-0.15, -0.1) is 5.11 Å². The molecule has 5 heteroatoms. The molecule has 0 bridgehead atoms. The van der Waals surface area contributed by atoms with Gasteiger partial charge in [-0.2, -0.15) is 10.2 Å². The predicted octanol–water partition coefficient (Wildman–Crippen LogP) is 5.24. The molecule has 1 N–H and O–H groups in total. The second-order valence-electron chi connectivity index (χ2n) is 4.81. The molecule has 0 aliphatic carbocycles. The Morgan fingerprint density at radius 1 is 0.909 bits per heavy atom. The topological polar surface area (TPSA) is 66.5 Å². The van der Waals surface area contributed by atoms with Gasteiger partial charge in [-0.05, 0) is 24.3 Å². The van der Waals surface area contributed by atoms with Crippen LogP contribution in [0.2, 0.25) is 0 Å². The number of H-pyrrole nitrogens is 1. The van der Waals surface area contributed by atoms with E-state index in [2.05, 4.69) is 20.4 Å². The number of aromatic amines is 1. The molecule has 22 heavy (non-hydrogen) atoms. The molecule has 2 heterocycles. The summed E-state index contributed by atoms with van der Waals surface area (Å²) in [6.07, 6.45) is 1.63. The average molecular weight is 288 g/mol. The molecule has 0 saturated heterocycles. The normalized spacial score (nSPS) is 11.5. The van der Waals surface area contributed by atoms with Gasteiger partial charge >= 0.3 is 0 Å². The fourth-order valence-electron chi connectivity index (χ4n) is 2.25. The number of rotatable bonds is 3. The summed E-state index contributed by atoms with van der Waals surface area (Å²) in [5.41, 5.74) is 2.98. The summed E-state index contributed by atoms with van der Waals surface area (Å²) in [5, 5.41) is 16.5. The van der Waals surface area contributed by atoms with Gasteiger partial charge in [0, 0.05) is 5.39 Å². The van der Waals surface area contributed by atoms with Crippen molar-refractivity contribution in [3.05, 3.63) is 66.9 Å². The fraction of sp³-hybridized carbons (Fsp3) is 0. The van der Waals surface area contributed by atoms with E-state index in [1.807, 2.05) is 60.7 Å². The lowest BCUT2D eigenvalue weighted by Gasteiger charge is -1.93. The maximum Gasteiger partial charge on any atom is 0.155 e. The van der Waals surface area contributed by atoms with Crippen molar-refractivity contribution in [2.75, 3.05) is 0 Å². The first-order chi connectivity index (χ1) is 10.9. The molecule has 0 atom stereocenters. The Morgan fingerprint density at radius 2 is 1.73 bits per heavy atom. The van der Waals surface area contributed by atoms with Gasteiger partial charge < -0.3 is 4.42 Å². The summed E-state index contributed by atoms with van der Waals surface area (Å²) in [4.78, 5) is 0. The Balaban J connectivity index is 1.72. The predicted molar refractivity (Wildman–Crippen MR) is 84.4 cm³/mol. The standard InChI is InChI=1S/C17H12N4O/c1-2-7-13(8-3-1)19-20-14-11-18-21-17(14)16-10-12-6-4-5-9-15(12)22-16/h1-11H,(H,18,21). The van der Waals surface area contributed by atoms with E-state index in [0.29, 0.717) is 11.4 Å². The lowest BCUT2D eigenvalue weighted by Crippen LogP contribution is -1.73. The zero-order chi connectivity index (χ0) is 14.8. The van der Waals surface area contributed by atoms with Crippen LogP contribution in [0.1, 0.15) is 0 Å². The van der Waals surface area contributed by atoms with Gasteiger partial charge in [0.2, 0.25) is 0 Å². The molecule has 2 aromatic carbocycles. The van der Waals surface area contributed by atoms with Crippen molar-refractivity contribution in [3.8, 4) is 11.5 Å². The van der Waals surface area contributed by atoms with Gasteiger partial charge in [-0.25, -0.2) is 0 Å². The average Bonchev–Trinajstić information content (AvgIpc) is 3.20. The number of hydrogen-bond donors (Lipinski definition) is 1. The summed E-state index contributed by atoms with van der Waals surface area (Å²) < 4.78 is 5.83. The van der Waals surface area contributed by atoms with Crippen LogP contribution in [0.4, 0.5) is 11.4 Å². The third-order valence-corrected chi connectivity index (χ3v) is 3.32. The summed E-state index contributed by atoms with van der Waals surface area (Å²) >= 11 is 0. The number of azo groups is 1. The van der Waals surface area contributed by atoms with Crippen LogP contribution < -0.4 is 0 Å². The van der Waals surface area contributed by atoms with Crippen LogP contribution in [0.15, 0.2) is 81.5 Å². The molecule has 2 aromatic heterocycles. The number of benzene rings is 2. The molecule has 0 unspecified atom stereocenters. The first kappa shape index (κ1) is 12.5. The number of aromatic nitrogens is 2. The van der Waals surface area contributed by atoms with Gasteiger partial charge in [0.15, 0.2) is 5.76 Å². The molecule has 0 spiro atoms. The van der Waals surface area contributed by atoms with Gasteiger partial charge in [-0.1, -0.05) is 36.4 Å². The minimum Gasteiger partial charge on any atom is -0.454 e. The van der Waals surface area contributed by atoms with Crippen molar-refractivity contribution < 1.29 is 4.42 Å². The molecule has 0 aliphatic rings. The third-order valence-electron chi connectivity index (χ3n) is 3.32. The molecule has 5 nitrogen and oxygen atoms in total. The van der Waals surface area contributed by atoms with Crippen molar-refractivity contribution in [2.45, 2.75) is 0 Å². The van der Waals surface area contributed by atoms with E-state index in [9.17, 15) is 0 Å². The maximum atomic E-state index is 5.83. The van der Waals surface area contributed by atoms with Crippen LogP contribution in [0.5, 0.6) is 0 Å². The van der Waals surface area contributed by atoms with E-state index in [0.717, 1.165) is 22.4 Å². The quantitative estimate of drug-likeness (QED) is 0.524. The van der Waals surface area contributed by atoms with Crippen LogP contribution in [0.25, 0.3) is 22.4 Å². The lowest BCUT2D eigenvalue weighted by molar-refractivity contribution is 0.628. The van der Waals surface area contributed by atoms with Gasteiger partial charge in [0.25, 0.3) is 0 Å². The van der Waals surface area contributed by atoms with E-state index in [4.69, 9.17) is 4.42 Å². The number of hydrogen-bond acceptors (Lipinski definition) is 4. The summed E-state index contributed by atoms with van der Waals surface area (Å²) in [7, 11) is 0. The molecular formula is C17H12N4O. The number of nitrogens with one attached hydrogen (secondary N) is 1. The summed E-state index contributed by atoms with van der Waals surface area (Å²) in [6, 6.07) is 19.4. The van der Waals surface area contributed by atoms with Crippen molar-refractivity contribution in [1.29, 1.82) is 0 Å². The highest BCUT2D eigenvalue weighted by molar-refractivity contribution is 5.84. The molecular weight excluding hydrogens is 276 g/mol. The monoisotopic (exact) mass is 288 g/mol. The number of fused-ring (bicyclic) bond motifs is 1. The number of nitrogens with zero attached hydrogens (tertiary/aromatic N) is 3. The van der Waals surface area contributed by atoms with Crippen molar-refractivity contribution in [3.63, 3.8) is 0 Å². The number of furan rings is 1. The SMILES string of the molecule is c1ccc(N=Nc2cn[nH]c2-c2cc3ccccc3o2)cc1. The largest absolute Gasteiger partial charge is 0.454 e. The fourth-order valence-corrected chi connectivity index (χ4v) is 2.25. The summed E-state index contributed by atoms with van der Waals surface area (Å²) in [6.45, 7) is 0. The van der Waals surface area contributed by atoms with E-state index in [1.54, 1.807) is 6.20 Å². The Kier molecular flexibility index (Phi) is 3.01. The van der Waals surface area contributed by atoms with E-state index in [1.165, 1.54) is 0 Å². The molecule has 0 aliphatic heterocycles. The highest BCUT2D eigenvalue weighted by Gasteiger charge is 2.12. The van der Waals surface area contributed by atoms with Gasteiger partial charge in [0.1, 0.15) is 17.0 Å². The summed E-state index contributed by atoms with van der Waals surface area (Å²) in [5.74, 6) is 0.695. The molecule has 0 radical (unpaired) electrons. The van der Waals surface area contributed by atoms with Crippen molar-refractivity contribution >= 4 is 22.3 Å². The first-order valence-electron chi connectivity index (χ1n) is 6.89. The Morgan fingerprint density at radius 3 is 2.59 bits per heavy atom. The zero-order valence-corrected chi connectivity index (χ0v) is 11.6. The van der Waals surface area contributed by atoms with Crippen LogP contribution in [-0.2, 0) is 0 Å². The minimum absolute atomic E-state index is 0.642. The Bertz CT molecular complexity index is 904. The highest BCUT2D eigenvalue weighted by atomic mass is 16.3. The smallest absolute Gasteiger partial charge is 0.155 e. The Labute approximate surface area is 126 Å². The van der Waals surface area contributed by atoms with Crippen LogP contribution in [-0.4, -0.2) is 10.2 Å². The van der Waals surface area contributed by atoms with Gasteiger partial charge in [-0.3, -0.25) is 5.10 Å². The maximum absolute atomic E-state index is 5.83. The Hall–Kier alpha value is -3.21. The van der Waals surface area contributed by atoms with Crippen molar-refractivity contribution in [2.24, 2.45) is 10.2 Å². The van der Waals surface area contributed by atoms with Crippen molar-refractivity contribution in [1.82, 2.24) is 10.2 Å². The lowest BCUT2D eigenvalue weighted by atomic mass is 10.2. The van der Waals surface area contributed by atoms with Crippen LogP contribution in [0.3, 0.4) is 0 Å².